The zero-order valence-corrected chi connectivity index (χ0v) is 15.6. The third-order valence-corrected chi connectivity index (χ3v) is 5.05. The number of alkyl halides is 3. The number of ether oxygens (including phenoxy) is 1. The van der Waals surface area contributed by atoms with Crippen LogP contribution in [0.3, 0.4) is 0 Å². The highest BCUT2D eigenvalue weighted by molar-refractivity contribution is 6.01. The fraction of sp³-hybridized carbons (Fsp3) is 0.444. The summed E-state index contributed by atoms with van der Waals surface area (Å²) in [6, 6.07) is 1.80. The molecule has 4 rings (SSSR count). The molecule has 2 amide bonds. The molecule has 1 aromatic carbocycles. The Morgan fingerprint density at radius 3 is 2.73 bits per heavy atom. The number of fused-ring (bicyclic) bond motifs is 1. The minimum Gasteiger partial charge on any atom is -0.491 e. The Kier molecular flexibility index (Phi) is 4.86. The van der Waals surface area contributed by atoms with E-state index in [0.29, 0.717) is 13.0 Å². The minimum atomic E-state index is -4.82. The van der Waals surface area contributed by atoms with Gasteiger partial charge in [0.25, 0.3) is 0 Å². The molecule has 2 atom stereocenters. The van der Waals surface area contributed by atoms with Crippen LogP contribution >= 0.6 is 0 Å². The quantitative estimate of drug-likeness (QED) is 0.582. The molecule has 1 fully saturated rings. The van der Waals surface area contributed by atoms with Crippen molar-refractivity contribution in [2.45, 2.75) is 32.1 Å². The van der Waals surface area contributed by atoms with E-state index in [-0.39, 0.29) is 35.9 Å². The highest BCUT2D eigenvalue weighted by Crippen LogP contribution is 2.35. The molecule has 1 aromatic heterocycles. The van der Waals surface area contributed by atoms with Gasteiger partial charge in [-0.05, 0) is 25.5 Å². The van der Waals surface area contributed by atoms with E-state index in [1.165, 1.54) is 11.0 Å². The van der Waals surface area contributed by atoms with Crippen molar-refractivity contribution in [3.05, 3.63) is 29.4 Å². The van der Waals surface area contributed by atoms with Gasteiger partial charge in [0.15, 0.2) is 0 Å². The standard InChI is InChI=1S/C18H16F4N4O4/c1-8-7-29-13-5-9(14-24-17(30-25-14)18(20,21)22)4-12(19)11(13)6-26(8)16(28)10-2-3-23-15(10)27/h4-5,8,10H,2-3,6-7H2,1H3,(H,23,27)/t8-,10-/m0/s1. The number of nitrogens with zero attached hydrogens (tertiary/aromatic N) is 3. The van der Waals surface area contributed by atoms with E-state index >= 15 is 0 Å². The third-order valence-electron chi connectivity index (χ3n) is 5.05. The molecule has 0 saturated carbocycles. The molecule has 3 heterocycles. The Morgan fingerprint density at radius 2 is 2.10 bits per heavy atom. The van der Waals surface area contributed by atoms with Crippen LogP contribution in [0.15, 0.2) is 16.7 Å². The number of benzene rings is 1. The van der Waals surface area contributed by atoms with E-state index in [1.807, 2.05) is 0 Å². The van der Waals surface area contributed by atoms with Crippen molar-refractivity contribution in [2.24, 2.45) is 5.92 Å². The van der Waals surface area contributed by atoms with Crippen LogP contribution in [-0.4, -0.2) is 46.0 Å². The summed E-state index contributed by atoms with van der Waals surface area (Å²) in [5.74, 6) is -4.37. The van der Waals surface area contributed by atoms with Crippen molar-refractivity contribution < 1.29 is 36.4 Å². The average molecular weight is 428 g/mol. The lowest BCUT2D eigenvalue weighted by Gasteiger charge is -2.28. The van der Waals surface area contributed by atoms with Gasteiger partial charge < -0.3 is 19.5 Å². The monoisotopic (exact) mass is 428 g/mol. The molecule has 1 saturated heterocycles. The molecule has 30 heavy (non-hydrogen) atoms. The Morgan fingerprint density at radius 1 is 1.33 bits per heavy atom. The van der Waals surface area contributed by atoms with Crippen LogP contribution in [0.4, 0.5) is 17.6 Å². The normalized spacial score (nSPS) is 21.6. The second-order valence-corrected chi connectivity index (χ2v) is 7.11. The molecule has 160 valence electrons. The van der Waals surface area contributed by atoms with Gasteiger partial charge in [-0.15, -0.1) is 0 Å². The van der Waals surface area contributed by atoms with Crippen molar-refractivity contribution in [2.75, 3.05) is 13.2 Å². The largest absolute Gasteiger partial charge is 0.491 e. The lowest BCUT2D eigenvalue weighted by Crippen LogP contribution is -2.45. The molecule has 1 N–H and O–H groups in total. The van der Waals surface area contributed by atoms with Crippen LogP contribution in [0.2, 0.25) is 0 Å². The van der Waals surface area contributed by atoms with Crippen LogP contribution in [-0.2, 0) is 22.3 Å². The van der Waals surface area contributed by atoms with Gasteiger partial charge >= 0.3 is 12.1 Å². The molecular weight excluding hydrogens is 412 g/mol. The summed E-state index contributed by atoms with van der Waals surface area (Å²) in [6.45, 7) is 1.96. The van der Waals surface area contributed by atoms with Gasteiger partial charge in [0.05, 0.1) is 12.6 Å². The maximum atomic E-state index is 14.9. The Balaban J connectivity index is 1.65. The highest BCUT2D eigenvalue weighted by Gasteiger charge is 2.39. The predicted molar refractivity (Wildman–Crippen MR) is 91.3 cm³/mol. The number of hydrogen-bond donors (Lipinski definition) is 1. The molecule has 8 nitrogen and oxygen atoms in total. The van der Waals surface area contributed by atoms with Crippen LogP contribution < -0.4 is 10.1 Å². The Bertz CT molecular complexity index is 1010. The molecule has 0 bridgehead atoms. The van der Waals surface area contributed by atoms with Crippen LogP contribution in [0, 0.1) is 11.7 Å². The molecular formula is C18H16F4N4O4. The summed E-state index contributed by atoms with van der Waals surface area (Å²) in [7, 11) is 0. The molecule has 2 aromatic rings. The van der Waals surface area contributed by atoms with Gasteiger partial charge in [-0.2, -0.15) is 18.2 Å². The number of carbonyl (C=O) groups is 2. The molecule has 0 aliphatic carbocycles. The van der Waals surface area contributed by atoms with E-state index in [0.717, 1.165) is 6.07 Å². The first kappa shape index (κ1) is 20.1. The van der Waals surface area contributed by atoms with Crippen molar-refractivity contribution in [3.63, 3.8) is 0 Å². The van der Waals surface area contributed by atoms with Crippen LogP contribution in [0.1, 0.15) is 24.8 Å². The van der Waals surface area contributed by atoms with Crippen LogP contribution in [0.25, 0.3) is 11.4 Å². The average Bonchev–Trinajstić information content (AvgIpc) is 3.30. The van der Waals surface area contributed by atoms with Crippen molar-refractivity contribution in [3.8, 4) is 17.1 Å². The molecule has 0 unspecified atom stereocenters. The number of carbonyl (C=O) groups excluding carboxylic acids is 2. The van der Waals surface area contributed by atoms with Gasteiger partial charge in [0.1, 0.15) is 24.1 Å². The summed E-state index contributed by atoms with van der Waals surface area (Å²) in [4.78, 5) is 29.3. The predicted octanol–water partition coefficient (Wildman–Crippen LogP) is 2.14. The molecule has 0 radical (unpaired) electrons. The Hall–Kier alpha value is -3.18. The second-order valence-electron chi connectivity index (χ2n) is 7.11. The van der Waals surface area contributed by atoms with Crippen molar-refractivity contribution >= 4 is 11.8 Å². The molecule has 12 heteroatoms. The third kappa shape index (κ3) is 3.57. The SMILES string of the molecule is C[C@H]1COc2cc(-c3noc(C(F)(F)F)n3)cc(F)c2CN1C(=O)[C@H]1CCNC1=O. The topological polar surface area (TPSA) is 97.6 Å². The molecule has 0 spiro atoms. The minimum absolute atomic E-state index is 0.00994. The number of aromatic nitrogens is 2. The van der Waals surface area contributed by atoms with Gasteiger partial charge in [0, 0.05) is 17.7 Å². The Labute approximate surface area is 167 Å². The lowest BCUT2D eigenvalue weighted by molar-refractivity contribution is -0.159. The highest BCUT2D eigenvalue weighted by atomic mass is 19.4. The van der Waals surface area contributed by atoms with Gasteiger partial charge in [0.2, 0.25) is 17.6 Å². The first-order valence-electron chi connectivity index (χ1n) is 9.10. The van der Waals surface area contributed by atoms with E-state index < -0.39 is 41.6 Å². The van der Waals surface area contributed by atoms with Gasteiger partial charge in [-0.1, -0.05) is 5.16 Å². The van der Waals surface area contributed by atoms with E-state index in [4.69, 9.17) is 4.74 Å². The fourth-order valence-electron chi connectivity index (χ4n) is 3.43. The first-order chi connectivity index (χ1) is 14.1. The van der Waals surface area contributed by atoms with Crippen molar-refractivity contribution in [1.82, 2.24) is 20.4 Å². The number of halogens is 4. The van der Waals surface area contributed by atoms with E-state index in [9.17, 15) is 27.2 Å². The van der Waals surface area contributed by atoms with Crippen molar-refractivity contribution in [1.29, 1.82) is 0 Å². The van der Waals surface area contributed by atoms with E-state index in [2.05, 4.69) is 20.0 Å². The maximum absolute atomic E-state index is 14.9. The lowest BCUT2D eigenvalue weighted by atomic mass is 10.0. The summed E-state index contributed by atoms with van der Waals surface area (Å²) in [6.07, 6.45) is -4.47. The summed E-state index contributed by atoms with van der Waals surface area (Å²) in [5.41, 5.74) is -0.0116. The smallest absolute Gasteiger partial charge is 0.471 e. The van der Waals surface area contributed by atoms with Gasteiger partial charge in [-0.25, -0.2) is 4.39 Å². The van der Waals surface area contributed by atoms with Gasteiger partial charge in [-0.3, -0.25) is 9.59 Å². The fourth-order valence-corrected chi connectivity index (χ4v) is 3.43. The number of nitrogens with one attached hydrogen (secondary N) is 1. The molecule has 2 aliphatic heterocycles. The zero-order chi connectivity index (χ0) is 21.6. The second kappa shape index (κ2) is 7.26. The summed E-state index contributed by atoms with van der Waals surface area (Å²) < 4.78 is 62.7. The number of amides is 2. The molecule has 2 aliphatic rings. The maximum Gasteiger partial charge on any atom is 0.471 e. The number of hydrogen-bond acceptors (Lipinski definition) is 6. The summed E-state index contributed by atoms with van der Waals surface area (Å²) >= 11 is 0. The first-order valence-corrected chi connectivity index (χ1v) is 9.10. The zero-order valence-electron chi connectivity index (χ0n) is 15.6. The number of rotatable bonds is 2. The summed E-state index contributed by atoms with van der Waals surface area (Å²) in [5, 5.41) is 5.84. The van der Waals surface area contributed by atoms with Crippen LogP contribution in [0.5, 0.6) is 5.75 Å². The van der Waals surface area contributed by atoms with E-state index in [1.54, 1.807) is 6.92 Å².